The van der Waals surface area contributed by atoms with Gasteiger partial charge in [0.15, 0.2) is 5.96 Å². The minimum absolute atomic E-state index is 0. The highest BCUT2D eigenvalue weighted by Crippen LogP contribution is 2.31. The number of rotatable bonds is 6. The number of aliphatic imine (C=N–C) groups is 1. The topological polar surface area (TPSA) is 68.8 Å². The second kappa shape index (κ2) is 11.0. The molecule has 1 amide bonds. The summed E-state index contributed by atoms with van der Waals surface area (Å²) in [5.74, 6) is 1.65. The average molecular weight is 499 g/mol. The van der Waals surface area contributed by atoms with Gasteiger partial charge in [0.2, 0.25) is 5.91 Å². The predicted molar refractivity (Wildman–Crippen MR) is 127 cm³/mol. The van der Waals surface area contributed by atoms with Crippen LogP contribution in [0.2, 0.25) is 0 Å². The molecule has 156 valence electrons. The molecule has 0 aromatic heterocycles. The van der Waals surface area contributed by atoms with Crippen molar-refractivity contribution in [3.63, 3.8) is 0 Å². The van der Waals surface area contributed by atoms with Gasteiger partial charge in [-0.15, -0.1) is 24.0 Å². The summed E-state index contributed by atoms with van der Waals surface area (Å²) in [5, 5.41) is 9.88. The molecule has 2 atom stereocenters. The Morgan fingerprint density at radius 1 is 1.25 bits per heavy atom. The number of guanidine groups is 1. The number of nitrogens with zero attached hydrogens (tertiary/aromatic N) is 2. The molecule has 1 saturated heterocycles. The number of hydrogen-bond acceptors (Lipinski definition) is 3. The summed E-state index contributed by atoms with van der Waals surface area (Å²) in [6, 6.07) is 8.57. The molecule has 2 aliphatic rings. The summed E-state index contributed by atoms with van der Waals surface area (Å²) in [6.07, 6.45) is 3.11. The van der Waals surface area contributed by atoms with E-state index >= 15 is 0 Å². The third kappa shape index (κ3) is 5.83. The number of nitrogens with one attached hydrogen (secondary N) is 3. The Kier molecular flexibility index (Phi) is 9.01. The first-order chi connectivity index (χ1) is 13.1. The fourth-order valence-electron chi connectivity index (χ4n) is 4.19. The lowest BCUT2D eigenvalue weighted by atomic mass is 9.90. The van der Waals surface area contributed by atoms with Crippen LogP contribution in [0, 0.1) is 5.92 Å². The van der Waals surface area contributed by atoms with Crippen molar-refractivity contribution in [1.29, 1.82) is 0 Å². The molecular formula is C21H34IN5O. The normalized spacial score (nSPS) is 20.9. The number of halogens is 1. The van der Waals surface area contributed by atoms with E-state index in [0.29, 0.717) is 24.9 Å². The van der Waals surface area contributed by atoms with Gasteiger partial charge in [-0.3, -0.25) is 14.7 Å². The SMILES string of the molecule is CN=C(NCC1CC(=O)Nc2ccccc21)NCC(C(C)C)N1CCCC1.I. The van der Waals surface area contributed by atoms with Crippen LogP contribution < -0.4 is 16.0 Å². The van der Waals surface area contributed by atoms with E-state index in [4.69, 9.17) is 0 Å². The summed E-state index contributed by atoms with van der Waals surface area (Å²) < 4.78 is 0. The van der Waals surface area contributed by atoms with Crippen molar-refractivity contribution in [2.45, 2.75) is 45.1 Å². The summed E-state index contributed by atoms with van der Waals surface area (Å²) >= 11 is 0. The zero-order valence-electron chi connectivity index (χ0n) is 17.2. The van der Waals surface area contributed by atoms with Crippen molar-refractivity contribution in [2.75, 3.05) is 38.5 Å². The maximum Gasteiger partial charge on any atom is 0.225 e. The molecule has 2 unspecified atom stereocenters. The zero-order valence-corrected chi connectivity index (χ0v) is 19.5. The third-order valence-corrected chi connectivity index (χ3v) is 5.70. The van der Waals surface area contributed by atoms with Crippen LogP contribution in [0.25, 0.3) is 0 Å². The molecule has 1 fully saturated rings. The second-order valence-corrected chi connectivity index (χ2v) is 7.92. The number of likely N-dealkylation sites (tertiary alicyclic amines) is 1. The molecule has 1 aromatic carbocycles. The van der Waals surface area contributed by atoms with Crippen LogP contribution in [-0.2, 0) is 4.79 Å². The Bertz CT molecular complexity index is 673. The van der Waals surface area contributed by atoms with Gasteiger partial charge in [-0.2, -0.15) is 0 Å². The van der Waals surface area contributed by atoms with Crippen LogP contribution in [0.5, 0.6) is 0 Å². The van der Waals surface area contributed by atoms with Crippen molar-refractivity contribution in [1.82, 2.24) is 15.5 Å². The minimum atomic E-state index is 0. The van der Waals surface area contributed by atoms with Crippen LogP contribution in [-0.4, -0.2) is 56.0 Å². The van der Waals surface area contributed by atoms with Crippen molar-refractivity contribution >= 4 is 41.5 Å². The van der Waals surface area contributed by atoms with Gasteiger partial charge in [0.1, 0.15) is 0 Å². The highest BCUT2D eigenvalue weighted by atomic mass is 127. The van der Waals surface area contributed by atoms with Crippen molar-refractivity contribution < 1.29 is 4.79 Å². The van der Waals surface area contributed by atoms with Gasteiger partial charge in [-0.05, 0) is 43.5 Å². The first-order valence-corrected chi connectivity index (χ1v) is 10.2. The van der Waals surface area contributed by atoms with E-state index in [1.54, 1.807) is 7.05 Å². The van der Waals surface area contributed by atoms with E-state index in [-0.39, 0.29) is 35.8 Å². The van der Waals surface area contributed by atoms with Crippen LogP contribution in [0.1, 0.15) is 44.6 Å². The predicted octanol–water partition coefficient (Wildman–Crippen LogP) is 3.02. The lowest BCUT2D eigenvalue weighted by Crippen LogP contribution is -2.49. The molecule has 2 heterocycles. The van der Waals surface area contributed by atoms with Gasteiger partial charge >= 0.3 is 0 Å². The monoisotopic (exact) mass is 499 g/mol. The Morgan fingerprint density at radius 3 is 2.64 bits per heavy atom. The number of hydrogen-bond donors (Lipinski definition) is 3. The standard InChI is InChI=1S/C21H33N5O.HI/c1-15(2)19(26-10-6-7-11-26)14-24-21(22-3)23-13-16-12-20(27)25-18-9-5-4-8-17(16)18;/h4-5,8-9,15-16,19H,6-7,10-14H2,1-3H3,(H,25,27)(H2,22,23,24);1H. The van der Waals surface area contributed by atoms with E-state index < -0.39 is 0 Å². The molecule has 28 heavy (non-hydrogen) atoms. The van der Waals surface area contributed by atoms with Crippen LogP contribution in [0.15, 0.2) is 29.3 Å². The van der Waals surface area contributed by atoms with Crippen molar-refractivity contribution in [3.8, 4) is 0 Å². The molecule has 6 nitrogen and oxygen atoms in total. The minimum Gasteiger partial charge on any atom is -0.356 e. The first kappa shape index (κ1) is 22.9. The fraction of sp³-hybridized carbons (Fsp3) is 0.619. The molecule has 3 N–H and O–H groups in total. The molecule has 0 saturated carbocycles. The van der Waals surface area contributed by atoms with E-state index in [1.807, 2.05) is 18.2 Å². The average Bonchev–Trinajstić information content (AvgIpc) is 3.18. The zero-order chi connectivity index (χ0) is 19.2. The van der Waals surface area contributed by atoms with Gasteiger partial charge in [0.05, 0.1) is 0 Å². The maximum atomic E-state index is 12.0. The Labute approximate surface area is 186 Å². The molecule has 0 spiro atoms. The largest absolute Gasteiger partial charge is 0.356 e. The molecule has 3 rings (SSSR count). The van der Waals surface area contributed by atoms with Gasteiger partial charge in [0, 0.05) is 44.2 Å². The van der Waals surface area contributed by atoms with E-state index in [1.165, 1.54) is 31.5 Å². The lowest BCUT2D eigenvalue weighted by Gasteiger charge is -2.32. The van der Waals surface area contributed by atoms with Crippen molar-refractivity contribution in [3.05, 3.63) is 29.8 Å². The quantitative estimate of drug-likeness (QED) is 0.320. The highest BCUT2D eigenvalue weighted by Gasteiger charge is 2.26. The summed E-state index contributed by atoms with van der Waals surface area (Å²) in [4.78, 5) is 19.0. The first-order valence-electron chi connectivity index (χ1n) is 10.2. The number of carbonyl (C=O) groups excluding carboxylic acids is 1. The van der Waals surface area contributed by atoms with Gasteiger partial charge in [-0.25, -0.2) is 0 Å². The molecule has 2 aliphatic heterocycles. The molecule has 7 heteroatoms. The number of fused-ring (bicyclic) bond motifs is 1. The smallest absolute Gasteiger partial charge is 0.225 e. The number of carbonyl (C=O) groups is 1. The van der Waals surface area contributed by atoms with Gasteiger partial charge in [-0.1, -0.05) is 32.0 Å². The molecular weight excluding hydrogens is 465 g/mol. The molecule has 0 radical (unpaired) electrons. The molecule has 0 aliphatic carbocycles. The summed E-state index contributed by atoms with van der Waals surface area (Å²) in [6.45, 7) is 8.56. The van der Waals surface area contributed by atoms with Crippen molar-refractivity contribution in [2.24, 2.45) is 10.9 Å². The fourth-order valence-corrected chi connectivity index (χ4v) is 4.19. The number of anilines is 1. The van der Waals surface area contributed by atoms with Crippen LogP contribution >= 0.6 is 24.0 Å². The maximum absolute atomic E-state index is 12.0. The molecule has 0 bridgehead atoms. The second-order valence-electron chi connectivity index (χ2n) is 7.92. The van der Waals surface area contributed by atoms with Gasteiger partial charge in [0.25, 0.3) is 0 Å². The van der Waals surface area contributed by atoms with E-state index in [9.17, 15) is 4.79 Å². The number of para-hydroxylation sites is 1. The lowest BCUT2D eigenvalue weighted by molar-refractivity contribution is -0.116. The summed E-state index contributed by atoms with van der Waals surface area (Å²) in [7, 11) is 1.80. The summed E-state index contributed by atoms with van der Waals surface area (Å²) in [5.41, 5.74) is 2.12. The third-order valence-electron chi connectivity index (χ3n) is 5.70. The van der Waals surface area contributed by atoms with E-state index in [2.05, 4.69) is 45.8 Å². The molecule has 1 aromatic rings. The Hall–Kier alpha value is -1.35. The van der Waals surface area contributed by atoms with Crippen LogP contribution in [0.4, 0.5) is 5.69 Å². The Morgan fingerprint density at radius 2 is 1.96 bits per heavy atom. The number of amides is 1. The highest BCUT2D eigenvalue weighted by molar-refractivity contribution is 14.0. The van der Waals surface area contributed by atoms with E-state index in [0.717, 1.165) is 18.2 Å². The van der Waals surface area contributed by atoms with Crippen LogP contribution in [0.3, 0.4) is 0 Å². The van der Waals surface area contributed by atoms with Gasteiger partial charge < -0.3 is 16.0 Å². The number of benzene rings is 1. The Balaban J connectivity index is 0.00000280.